The molecule has 0 aliphatic carbocycles. The standard InChI is InChI=1S/C8H14F3N3.HI/c1-3-5-13-7(12-2)14-6-4-8(9,10)11;/h3H,1,4-6H2,2H3,(H2,12,13,14);1H. The minimum Gasteiger partial charge on any atom is -0.356 e. The fourth-order valence-electron chi connectivity index (χ4n) is 0.712. The van der Waals surface area contributed by atoms with Crippen molar-refractivity contribution >= 4 is 29.9 Å². The van der Waals surface area contributed by atoms with Crippen LogP contribution in [0.25, 0.3) is 0 Å². The third-order valence-electron chi connectivity index (χ3n) is 1.34. The molecule has 90 valence electrons. The van der Waals surface area contributed by atoms with Gasteiger partial charge in [0.15, 0.2) is 5.96 Å². The second-order valence-electron chi connectivity index (χ2n) is 2.53. The molecule has 0 spiro atoms. The van der Waals surface area contributed by atoms with Crippen LogP contribution in [-0.2, 0) is 0 Å². The van der Waals surface area contributed by atoms with Crippen LogP contribution in [0.1, 0.15) is 6.42 Å². The van der Waals surface area contributed by atoms with Crippen LogP contribution in [0.4, 0.5) is 13.2 Å². The number of rotatable bonds is 4. The summed E-state index contributed by atoms with van der Waals surface area (Å²) in [6.07, 6.45) is -3.41. The van der Waals surface area contributed by atoms with E-state index in [1.807, 2.05) is 0 Å². The molecule has 0 aromatic carbocycles. The van der Waals surface area contributed by atoms with E-state index >= 15 is 0 Å². The zero-order chi connectivity index (χ0) is 11.0. The minimum absolute atomic E-state index is 0. The Balaban J connectivity index is 0. The highest BCUT2D eigenvalue weighted by Gasteiger charge is 2.26. The highest BCUT2D eigenvalue weighted by Crippen LogP contribution is 2.17. The molecule has 0 fully saturated rings. The molecule has 3 nitrogen and oxygen atoms in total. The zero-order valence-corrected chi connectivity index (χ0v) is 10.7. The Kier molecular flexibility index (Phi) is 9.95. The summed E-state index contributed by atoms with van der Waals surface area (Å²) in [6, 6.07) is 0. The van der Waals surface area contributed by atoms with Crippen molar-refractivity contribution in [2.75, 3.05) is 20.1 Å². The monoisotopic (exact) mass is 337 g/mol. The highest BCUT2D eigenvalue weighted by molar-refractivity contribution is 14.0. The van der Waals surface area contributed by atoms with Crippen LogP contribution in [0.2, 0.25) is 0 Å². The number of nitrogens with one attached hydrogen (secondary N) is 2. The molecule has 0 atom stereocenters. The molecule has 0 heterocycles. The van der Waals surface area contributed by atoms with Gasteiger partial charge in [-0.25, -0.2) is 0 Å². The van der Waals surface area contributed by atoms with Gasteiger partial charge in [0, 0.05) is 20.1 Å². The third-order valence-corrected chi connectivity index (χ3v) is 1.34. The van der Waals surface area contributed by atoms with E-state index in [4.69, 9.17) is 0 Å². The van der Waals surface area contributed by atoms with Gasteiger partial charge >= 0.3 is 6.18 Å². The Morgan fingerprint density at radius 2 is 2.00 bits per heavy atom. The predicted octanol–water partition coefficient (Wildman–Crippen LogP) is 1.91. The summed E-state index contributed by atoms with van der Waals surface area (Å²) >= 11 is 0. The van der Waals surface area contributed by atoms with Gasteiger partial charge in [0.25, 0.3) is 0 Å². The number of guanidine groups is 1. The molecule has 0 aliphatic heterocycles. The van der Waals surface area contributed by atoms with E-state index in [1.165, 1.54) is 7.05 Å². The second-order valence-corrected chi connectivity index (χ2v) is 2.53. The van der Waals surface area contributed by atoms with E-state index in [1.54, 1.807) is 6.08 Å². The molecule has 7 heteroatoms. The first-order valence-corrected chi connectivity index (χ1v) is 4.11. The van der Waals surface area contributed by atoms with Gasteiger partial charge in [-0.3, -0.25) is 4.99 Å². The van der Waals surface area contributed by atoms with Crippen molar-refractivity contribution in [3.63, 3.8) is 0 Å². The van der Waals surface area contributed by atoms with Crippen LogP contribution < -0.4 is 10.6 Å². The molecule has 15 heavy (non-hydrogen) atoms. The highest BCUT2D eigenvalue weighted by atomic mass is 127. The van der Waals surface area contributed by atoms with Crippen molar-refractivity contribution in [1.29, 1.82) is 0 Å². The first kappa shape index (κ1) is 16.9. The number of hydrogen-bond acceptors (Lipinski definition) is 1. The lowest BCUT2D eigenvalue weighted by Crippen LogP contribution is -2.38. The van der Waals surface area contributed by atoms with E-state index < -0.39 is 12.6 Å². The van der Waals surface area contributed by atoms with Gasteiger partial charge in [0.1, 0.15) is 0 Å². The first-order valence-electron chi connectivity index (χ1n) is 4.11. The summed E-state index contributed by atoms with van der Waals surface area (Å²) in [4.78, 5) is 3.72. The SMILES string of the molecule is C=CCNC(=NC)NCCC(F)(F)F.I. The summed E-state index contributed by atoms with van der Waals surface area (Å²) < 4.78 is 35.2. The van der Waals surface area contributed by atoms with Crippen LogP contribution in [0, 0.1) is 0 Å². The van der Waals surface area contributed by atoms with E-state index in [-0.39, 0.29) is 30.5 Å². The third kappa shape index (κ3) is 11.5. The maximum atomic E-state index is 11.7. The van der Waals surface area contributed by atoms with Gasteiger partial charge in [0.05, 0.1) is 6.42 Å². The van der Waals surface area contributed by atoms with E-state index in [0.29, 0.717) is 12.5 Å². The normalized spacial score (nSPS) is 11.6. The van der Waals surface area contributed by atoms with Crippen molar-refractivity contribution in [2.45, 2.75) is 12.6 Å². The quantitative estimate of drug-likeness (QED) is 0.356. The molecular weight excluding hydrogens is 322 g/mol. The zero-order valence-electron chi connectivity index (χ0n) is 8.40. The minimum atomic E-state index is -4.13. The Morgan fingerprint density at radius 3 is 2.40 bits per heavy atom. The van der Waals surface area contributed by atoms with Crippen molar-refractivity contribution in [2.24, 2.45) is 4.99 Å². The maximum absolute atomic E-state index is 11.7. The van der Waals surface area contributed by atoms with Gasteiger partial charge in [0.2, 0.25) is 0 Å². The average Bonchev–Trinajstić information content (AvgIpc) is 2.09. The average molecular weight is 337 g/mol. The van der Waals surface area contributed by atoms with Crippen LogP contribution >= 0.6 is 24.0 Å². The van der Waals surface area contributed by atoms with Crippen LogP contribution in [0.3, 0.4) is 0 Å². The molecule has 0 radical (unpaired) electrons. The maximum Gasteiger partial charge on any atom is 0.390 e. The molecule has 0 unspecified atom stereocenters. The molecule has 0 amide bonds. The fourth-order valence-corrected chi connectivity index (χ4v) is 0.712. The second kappa shape index (κ2) is 8.81. The van der Waals surface area contributed by atoms with Crippen molar-refractivity contribution in [3.05, 3.63) is 12.7 Å². The van der Waals surface area contributed by atoms with Crippen molar-refractivity contribution < 1.29 is 13.2 Å². The lowest BCUT2D eigenvalue weighted by atomic mass is 10.4. The van der Waals surface area contributed by atoms with E-state index in [0.717, 1.165) is 0 Å². The summed E-state index contributed by atoms with van der Waals surface area (Å²) in [5.74, 6) is 0.342. The molecule has 0 aromatic rings. The molecule has 0 rings (SSSR count). The smallest absolute Gasteiger partial charge is 0.356 e. The summed E-state index contributed by atoms with van der Waals surface area (Å²) in [7, 11) is 1.49. The fraction of sp³-hybridized carbons (Fsp3) is 0.625. The Morgan fingerprint density at radius 1 is 1.40 bits per heavy atom. The number of halogens is 4. The molecule has 0 bridgehead atoms. The van der Waals surface area contributed by atoms with Gasteiger partial charge < -0.3 is 10.6 Å². The predicted molar refractivity (Wildman–Crippen MR) is 65.6 cm³/mol. The van der Waals surface area contributed by atoms with Gasteiger partial charge in [-0.05, 0) is 0 Å². The Bertz CT molecular complexity index is 204. The number of aliphatic imine (C=N–C) groups is 1. The van der Waals surface area contributed by atoms with Gasteiger partial charge in [-0.1, -0.05) is 6.08 Å². The molecular formula is C8H15F3IN3. The van der Waals surface area contributed by atoms with Crippen LogP contribution in [0.15, 0.2) is 17.6 Å². The number of alkyl halides is 3. The summed E-state index contributed by atoms with van der Waals surface area (Å²) in [6.45, 7) is 3.74. The Hall–Kier alpha value is -0.470. The Labute approximate surface area is 104 Å². The van der Waals surface area contributed by atoms with Crippen molar-refractivity contribution in [3.8, 4) is 0 Å². The van der Waals surface area contributed by atoms with Crippen LogP contribution in [0.5, 0.6) is 0 Å². The summed E-state index contributed by atoms with van der Waals surface area (Å²) in [5, 5.41) is 5.29. The van der Waals surface area contributed by atoms with Gasteiger partial charge in [-0.2, -0.15) is 13.2 Å². The van der Waals surface area contributed by atoms with Crippen LogP contribution in [-0.4, -0.2) is 32.3 Å². The molecule has 0 saturated carbocycles. The first-order chi connectivity index (χ1) is 6.49. The largest absolute Gasteiger partial charge is 0.390 e. The summed E-state index contributed by atoms with van der Waals surface area (Å²) in [5.41, 5.74) is 0. The lowest BCUT2D eigenvalue weighted by molar-refractivity contribution is -0.132. The lowest BCUT2D eigenvalue weighted by Gasteiger charge is -2.11. The number of hydrogen-bond donors (Lipinski definition) is 2. The molecule has 0 aromatic heterocycles. The van der Waals surface area contributed by atoms with Crippen molar-refractivity contribution in [1.82, 2.24) is 10.6 Å². The molecule has 2 N–H and O–H groups in total. The molecule has 0 saturated heterocycles. The topological polar surface area (TPSA) is 36.4 Å². The molecule has 0 aliphatic rings. The van der Waals surface area contributed by atoms with E-state index in [2.05, 4.69) is 22.2 Å². The van der Waals surface area contributed by atoms with E-state index in [9.17, 15) is 13.2 Å². The number of nitrogens with zero attached hydrogens (tertiary/aromatic N) is 1. The van der Waals surface area contributed by atoms with Gasteiger partial charge in [-0.15, -0.1) is 30.6 Å².